The second-order valence-electron chi connectivity index (χ2n) is 8.50. The third kappa shape index (κ3) is 5.80. The van der Waals surface area contributed by atoms with Crippen LogP contribution in [0.4, 0.5) is 13.2 Å². The summed E-state index contributed by atoms with van der Waals surface area (Å²) >= 11 is 0. The average Bonchev–Trinajstić information content (AvgIpc) is 2.88. The lowest BCUT2D eigenvalue weighted by Gasteiger charge is -2.29. The minimum Gasteiger partial charge on any atom is -0.500 e. The summed E-state index contributed by atoms with van der Waals surface area (Å²) < 4.78 is 60.5. The highest BCUT2D eigenvalue weighted by atomic mass is 19.2. The third-order valence-electron chi connectivity index (χ3n) is 6.06. The van der Waals surface area contributed by atoms with Crippen molar-refractivity contribution in [1.82, 2.24) is 0 Å². The predicted molar refractivity (Wildman–Crippen MR) is 133 cm³/mol. The van der Waals surface area contributed by atoms with Crippen molar-refractivity contribution in [3.05, 3.63) is 89.8 Å². The first-order valence-corrected chi connectivity index (χ1v) is 11.9. The maximum atomic E-state index is 15.0. The van der Waals surface area contributed by atoms with Gasteiger partial charge in [0.1, 0.15) is 5.82 Å². The Labute approximate surface area is 204 Å². The van der Waals surface area contributed by atoms with Crippen LogP contribution in [0.3, 0.4) is 0 Å². The predicted octanol–water partition coefficient (Wildman–Crippen LogP) is 6.43. The number of hydrogen-bond acceptors (Lipinski definition) is 3. The van der Waals surface area contributed by atoms with E-state index in [1.165, 1.54) is 18.2 Å². The summed E-state index contributed by atoms with van der Waals surface area (Å²) in [7, 11) is 1.70. The van der Waals surface area contributed by atoms with Gasteiger partial charge in [0.15, 0.2) is 25.7 Å². The Morgan fingerprint density at radius 2 is 1.57 bits per heavy atom. The van der Waals surface area contributed by atoms with E-state index in [1.54, 1.807) is 44.2 Å². The Balaban J connectivity index is 1.46. The fourth-order valence-electron chi connectivity index (χ4n) is 4.16. The van der Waals surface area contributed by atoms with Gasteiger partial charge in [0.25, 0.3) is 0 Å². The van der Waals surface area contributed by atoms with E-state index in [0.29, 0.717) is 41.4 Å². The van der Waals surface area contributed by atoms with Crippen molar-refractivity contribution >= 4 is 7.85 Å². The molecule has 182 valence electrons. The van der Waals surface area contributed by atoms with Crippen molar-refractivity contribution in [2.45, 2.75) is 26.1 Å². The Hall–Kier alpha value is -3.03. The van der Waals surface area contributed by atoms with Crippen molar-refractivity contribution in [3.8, 4) is 28.0 Å². The molecule has 1 saturated heterocycles. The monoisotopic (exact) mass is 480 g/mol. The molecule has 1 aliphatic rings. The molecule has 0 spiro atoms. The minimum absolute atomic E-state index is 0.115. The summed E-state index contributed by atoms with van der Waals surface area (Å²) in [5.41, 5.74) is 2.25. The molecule has 0 saturated carbocycles. The molecule has 1 fully saturated rings. The van der Waals surface area contributed by atoms with E-state index in [9.17, 15) is 13.2 Å². The fraction of sp³-hybridized carbons (Fsp3) is 0.286. The van der Waals surface area contributed by atoms with Crippen molar-refractivity contribution in [2.24, 2.45) is 5.92 Å². The van der Waals surface area contributed by atoms with Crippen LogP contribution in [-0.4, -0.2) is 27.6 Å². The standard InChI is InChI=1S/C28H28BF3O3/c1-2-3-4-5-18-15-33-28(34-16-18)21-10-11-22(24(30)14-21)19-6-8-20(9-7-19)23-12-13-25(35-17-29)27(32)26(23)31/h2-3,6-14,18,28H,4-5,15-17,29H2,1H3/b3-2+. The molecule has 3 nitrogen and oxygen atoms in total. The van der Waals surface area contributed by atoms with Crippen LogP contribution in [0.2, 0.25) is 0 Å². The van der Waals surface area contributed by atoms with E-state index in [1.807, 2.05) is 13.0 Å². The van der Waals surface area contributed by atoms with Crippen LogP contribution in [0.25, 0.3) is 22.3 Å². The van der Waals surface area contributed by atoms with Crippen molar-refractivity contribution in [3.63, 3.8) is 0 Å². The summed E-state index contributed by atoms with van der Waals surface area (Å²) in [6, 6.07) is 14.4. The lowest BCUT2D eigenvalue weighted by Crippen LogP contribution is -2.27. The van der Waals surface area contributed by atoms with Crippen molar-refractivity contribution < 1.29 is 27.4 Å². The summed E-state index contributed by atoms with van der Waals surface area (Å²) in [4.78, 5) is 0. The highest BCUT2D eigenvalue weighted by Gasteiger charge is 2.24. The number of allylic oxidation sites excluding steroid dienone is 2. The van der Waals surface area contributed by atoms with Crippen LogP contribution in [0.5, 0.6) is 5.75 Å². The van der Waals surface area contributed by atoms with Crippen molar-refractivity contribution in [2.75, 3.05) is 19.7 Å². The molecule has 3 aromatic rings. The molecule has 3 aromatic carbocycles. The molecule has 0 radical (unpaired) electrons. The molecule has 1 aliphatic heterocycles. The van der Waals surface area contributed by atoms with Crippen LogP contribution in [0.15, 0.2) is 66.7 Å². The summed E-state index contributed by atoms with van der Waals surface area (Å²) in [6.07, 6.45) is 5.55. The summed E-state index contributed by atoms with van der Waals surface area (Å²) in [6.45, 7) is 3.40. The second-order valence-corrected chi connectivity index (χ2v) is 8.50. The molecular weight excluding hydrogens is 452 g/mol. The Kier molecular flexibility index (Phi) is 8.31. The zero-order valence-corrected chi connectivity index (χ0v) is 19.9. The molecule has 7 heteroatoms. The van der Waals surface area contributed by atoms with E-state index in [0.717, 1.165) is 12.8 Å². The molecule has 1 heterocycles. The quantitative estimate of drug-likeness (QED) is 0.275. The van der Waals surface area contributed by atoms with Gasteiger partial charge in [-0.2, -0.15) is 4.39 Å². The van der Waals surface area contributed by atoms with E-state index < -0.39 is 23.7 Å². The number of ether oxygens (including phenoxy) is 3. The van der Waals surface area contributed by atoms with Crippen LogP contribution in [-0.2, 0) is 9.47 Å². The fourth-order valence-corrected chi connectivity index (χ4v) is 4.16. The number of benzene rings is 3. The topological polar surface area (TPSA) is 27.7 Å². The lowest BCUT2D eigenvalue weighted by atomic mass is 9.98. The number of halogens is 3. The SMILES string of the molecule is BCOc1ccc(-c2ccc(-c3ccc(C4OCC(CC/C=C/C)CO4)cc3F)cc2)c(F)c1F. The average molecular weight is 480 g/mol. The Morgan fingerprint density at radius 3 is 2.20 bits per heavy atom. The second kappa shape index (κ2) is 11.6. The van der Waals surface area contributed by atoms with Crippen LogP contribution in [0.1, 0.15) is 31.6 Å². The minimum atomic E-state index is -1.02. The molecule has 0 unspecified atom stereocenters. The van der Waals surface area contributed by atoms with Gasteiger partial charge < -0.3 is 14.2 Å². The van der Waals surface area contributed by atoms with Gasteiger partial charge in [-0.1, -0.05) is 48.6 Å². The Morgan fingerprint density at radius 1 is 0.914 bits per heavy atom. The maximum absolute atomic E-state index is 15.0. The third-order valence-corrected chi connectivity index (χ3v) is 6.06. The molecule has 0 aliphatic carbocycles. The van der Waals surface area contributed by atoms with Gasteiger partial charge in [0.05, 0.1) is 19.7 Å². The van der Waals surface area contributed by atoms with Crippen LogP contribution >= 0.6 is 0 Å². The van der Waals surface area contributed by atoms with Gasteiger partial charge in [-0.25, -0.2) is 8.78 Å². The van der Waals surface area contributed by atoms with E-state index in [2.05, 4.69) is 6.08 Å². The van der Waals surface area contributed by atoms with Gasteiger partial charge in [0, 0.05) is 22.6 Å². The molecule has 0 bridgehead atoms. The normalized spacial score (nSPS) is 18.2. The molecule has 4 rings (SSSR count). The smallest absolute Gasteiger partial charge is 0.201 e. The molecule has 35 heavy (non-hydrogen) atoms. The van der Waals surface area contributed by atoms with E-state index >= 15 is 0 Å². The van der Waals surface area contributed by atoms with E-state index in [-0.39, 0.29) is 17.8 Å². The first-order valence-electron chi connectivity index (χ1n) is 11.9. The van der Waals surface area contributed by atoms with Gasteiger partial charge in [0.2, 0.25) is 5.82 Å². The number of rotatable bonds is 8. The summed E-state index contributed by atoms with van der Waals surface area (Å²) in [5.74, 6) is -2.19. The van der Waals surface area contributed by atoms with Gasteiger partial charge in [-0.3, -0.25) is 0 Å². The highest BCUT2D eigenvalue weighted by Crippen LogP contribution is 2.33. The molecule has 0 amide bonds. The van der Waals surface area contributed by atoms with Crippen molar-refractivity contribution in [1.29, 1.82) is 0 Å². The highest BCUT2D eigenvalue weighted by molar-refractivity contribution is 6.08. The zero-order valence-electron chi connectivity index (χ0n) is 19.9. The van der Waals surface area contributed by atoms with Crippen LogP contribution < -0.4 is 4.74 Å². The zero-order chi connectivity index (χ0) is 24.8. The first-order chi connectivity index (χ1) is 17.0. The van der Waals surface area contributed by atoms with E-state index in [4.69, 9.17) is 14.2 Å². The van der Waals surface area contributed by atoms with Gasteiger partial charge >= 0.3 is 0 Å². The molecule has 0 aromatic heterocycles. The largest absolute Gasteiger partial charge is 0.500 e. The van der Waals surface area contributed by atoms with Crippen LogP contribution in [0, 0.1) is 23.4 Å². The van der Waals surface area contributed by atoms with Gasteiger partial charge in [-0.05, 0) is 49.1 Å². The molecular formula is C28H28BF3O3. The summed E-state index contributed by atoms with van der Waals surface area (Å²) in [5, 5.41) is 0. The maximum Gasteiger partial charge on any atom is 0.201 e. The van der Waals surface area contributed by atoms with Gasteiger partial charge in [-0.15, -0.1) is 0 Å². The first kappa shape index (κ1) is 25.1. The number of hydrogen-bond donors (Lipinski definition) is 0. The Bertz CT molecular complexity index is 1170. The molecule has 0 N–H and O–H groups in total. The molecule has 0 atom stereocenters. The lowest BCUT2D eigenvalue weighted by molar-refractivity contribution is -0.205.